The molecule has 0 fully saturated rings. The van der Waals surface area contributed by atoms with Gasteiger partial charge in [-0.3, -0.25) is 0 Å². The molecule has 0 aromatic heterocycles. The fraction of sp³-hybridized carbons (Fsp3) is 0.400. The van der Waals surface area contributed by atoms with Crippen LogP contribution >= 0.6 is 11.6 Å². The lowest BCUT2D eigenvalue weighted by atomic mass is 10.1. The van der Waals surface area contributed by atoms with Gasteiger partial charge in [-0.1, -0.05) is 11.6 Å². The molecule has 0 radical (unpaired) electrons. The second-order valence-corrected chi connectivity index (χ2v) is 3.78. The summed E-state index contributed by atoms with van der Waals surface area (Å²) in [4.78, 5) is 0. The minimum absolute atomic E-state index is 0.122. The summed E-state index contributed by atoms with van der Waals surface area (Å²) in [6, 6.07) is 0.588. The number of rotatable bonds is 2. The zero-order valence-corrected chi connectivity index (χ0v) is 9.13. The Balaban J connectivity index is 2.52. The first-order valence-electron chi connectivity index (χ1n) is 4.79. The second kappa shape index (κ2) is 4.45. The summed E-state index contributed by atoms with van der Waals surface area (Å²) in [7, 11) is 0. The summed E-state index contributed by atoms with van der Waals surface area (Å²) in [6.07, 6.45) is 0. The molecule has 1 aliphatic rings. The highest BCUT2D eigenvalue weighted by atomic mass is 35.5. The van der Waals surface area contributed by atoms with Gasteiger partial charge < -0.3 is 20.3 Å². The maximum atomic E-state index is 13.8. The van der Waals surface area contributed by atoms with E-state index >= 15 is 0 Å². The molecule has 0 spiro atoms. The molecule has 1 unspecified atom stereocenters. The van der Waals surface area contributed by atoms with Crippen LogP contribution in [0.2, 0.25) is 5.02 Å². The number of hydrogen-bond acceptors (Lipinski definition) is 4. The van der Waals surface area contributed by atoms with E-state index in [-0.39, 0.29) is 22.9 Å². The maximum Gasteiger partial charge on any atom is 0.182 e. The van der Waals surface area contributed by atoms with Crippen LogP contribution in [0.5, 0.6) is 11.5 Å². The molecule has 1 heterocycles. The summed E-state index contributed by atoms with van der Waals surface area (Å²) in [5, 5.41) is 8.74. The number of halogens is 2. The Morgan fingerprint density at radius 3 is 2.88 bits per heavy atom. The molecule has 0 bridgehead atoms. The third kappa shape index (κ3) is 1.81. The van der Waals surface area contributed by atoms with Gasteiger partial charge in [-0.15, -0.1) is 0 Å². The molecule has 4 nitrogen and oxygen atoms in total. The van der Waals surface area contributed by atoms with E-state index in [0.717, 1.165) is 0 Å². The van der Waals surface area contributed by atoms with E-state index in [4.69, 9.17) is 31.9 Å². The Hall–Kier alpha value is -1.04. The smallest absolute Gasteiger partial charge is 0.182 e. The van der Waals surface area contributed by atoms with Gasteiger partial charge in [0.2, 0.25) is 0 Å². The molecule has 1 aliphatic heterocycles. The van der Waals surface area contributed by atoms with Crippen molar-refractivity contribution in [2.24, 2.45) is 5.73 Å². The number of benzene rings is 1. The van der Waals surface area contributed by atoms with Gasteiger partial charge >= 0.3 is 0 Å². The van der Waals surface area contributed by atoms with E-state index in [1.54, 1.807) is 0 Å². The molecule has 2 rings (SSSR count). The van der Waals surface area contributed by atoms with Crippen LogP contribution in [0.3, 0.4) is 0 Å². The largest absolute Gasteiger partial charge is 0.486 e. The third-order valence-electron chi connectivity index (χ3n) is 2.34. The van der Waals surface area contributed by atoms with Crippen molar-refractivity contribution < 1.29 is 19.0 Å². The highest BCUT2D eigenvalue weighted by Crippen LogP contribution is 2.41. The van der Waals surface area contributed by atoms with E-state index in [9.17, 15) is 4.39 Å². The summed E-state index contributed by atoms with van der Waals surface area (Å²) in [5.74, 6) is -0.122. The van der Waals surface area contributed by atoms with Crippen LogP contribution in [0, 0.1) is 5.82 Å². The average molecular weight is 248 g/mol. The van der Waals surface area contributed by atoms with Crippen molar-refractivity contribution in [2.45, 2.75) is 6.04 Å². The third-order valence-corrected chi connectivity index (χ3v) is 2.68. The fourth-order valence-corrected chi connectivity index (χ4v) is 1.77. The molecule has 0 amide bonds. The molecule has 0 saturated carbocycles. The van der Waals surface area contributed by atoms with Crippen molar-refractivity contribution >= 4 is 11.6 Å². The highest BCUT2D eigenvalue weighted by molar-refractivity contribution is 6.32. The van der Waals surface area contributed by atoms with Gasteiger partial charge in [0.15, 0.2) is 17.3 Å². The van der Waals surface area contributed by atoms with E-state index in [2.05, 4.69) is 0 Å². The van der Waals surface area contributed by atoms with Crippen LogP contribution in [0.4, 0.5) is 4.39 Å². The first-order valence-corrected chi connectivity index (χ1v) is 5.17. The van der Waals surface area contributed by atoms with Crippen molar-refractivity contribution in [2.75, 3.05) is 19.8 Å². The maximum absolute atomic E-state index is 13.8. The molecule has 1 aromatic carbocycles. The van der Waals surface area contributed by atoms with E-state index in [1.165, 1.54) is 6.07 Å². The van der Waals surface area contributed by atoms with Gasteiger partial charge in [0.25, 0.3) is 0 Å². The van der Waals surface area contributed by atoms with Gasteiger partial charge in [-0.25, -0.2) is 4.39 Å². The molecule has 6 heteroatoms. The number of nitrogens with two attached hydrogens (primary N) is 1. The normalized spacial score (nSPS) is 16.0. The van der Waals surface area contributed by atoms with E-state index in [1.807, 2.05) is 0 Å². The first-order chi connectivity index (χ1) is 7.65. The Labute approximate surface area is 96.7 Å². The second-order valence-electron chi connectivity index (χ2n) is 3.41. The van der Waals surface area contributed by atoms with Crippen LogP contribution in [-0.2, 0) is 0 Å². The molecular weight excluding hydrogens is 237 g/mol. The molecule has 1 atom stereocenters. The Morgan fingerprint density at radius 1 is 1.50 bits per heavy atom. The number of fused-ring (bicyclic) bond motifs is 1. The van der Waals surface area contributed by atoms with Crippen molar-refractivity contribution in [1.82, 2.24) is 0 Å². The fourth-order valence-electron chi connectivity index (χ4n) is 1.51. The molecule has 16 heavy (non-hydrogen) atoms. The predicted octanol–water partition coefficient (Wildman–Crippen LogP) is 1.24. The number of aliphatic hydroxyl groups excluding tert-OH is 1. The Bertz CT molecular complexity index is 414. The number of hydrogen-bond donors (Lipinski definition) is 2. The highest BCUT2D eigenvalue weighted by Gasteiger charge is 2.24. The van der Waals surface area contributed by atoms with Crippen LogP contribution < -0.4 is 15.2 Å². The first kappa shape index (κ1) is 11.4. The van der Waals surface area contributed by atoms with Crippen LogP contribution in [-0.4, -0.2) is 24.9 Å². The van der Waals surface area contributed by atoms with E-state index in [0.29, 0.717) is 19.0 Å². The lowest BCUT2D eigenvalue weighted by molar-refractivity contribution is 0.170. The van der Waals surface area contributed by atoms with Crippen molar-refractivity contribution in [3.8, 4) is 11.5 Å². The zero-order chi connectivity index (χ0) is 11.7. The Morgan fingerprint density at radius 2 is 2.19 bits per heavy atom. The summed E-state index contributed by atoms with van der Waals surface area (Å²) in [5.41, 5.74) is 5.67. The monoisotopic (exact) mass is 247 g/mol. The van der Waals surface area contributed by atoms with Crippen LogP contribution in [0.1, 0.15) is 11.6 Å². The van der Waals surface area contributed by atoms with E-state index < -0.39 is 11.9 Å². The van der Waals surface area contributed by atoms with Crippen molar-refractivity contribution in [3.63, 3.8) is 0 Å². The predicted molar refractivity (Wildman–Crippen MR) is 56.4 cm³/mol. The molecular formula is C10H11ClFNO3. The minimum atomic E-state index is -0.826. The zero-order valence-electron chi connectivity index (χ0n) is 8.37. The van der Waals surface area contributed by atoms with Crippen molar-refractivity contribution in [1.29, 1.82) is 0 Å². The minimum Gasteiger partial charge on any atom is -0.486 e. The quantitative estimate of drug-likeness (QED) is 0.825. The van der Waals surface area contributed by atoms with Crippen LogP contribution in [0.15, 0.2) is 6.07 Å². The molecule has 0 saturated heterocycles. The van der Waals surface area contributed by atoms with Gasteiger partial charge in [-0.2, -0.15) is 0 Å². The summed E-state index contributed by atoms with van der Waals surface area (Å²) >= 11 is 5.80. The standard InChI is InChI=1S/C10H11ClFNO3/c11-8-9(12)5(6(13)4-14)3-7-10(8)16-2-1-15-7/h3,6,14H,1-2,4,13H2. The van der Waals surface area contributed by atoms with Gasteiger partial charge in [0.1, 0.15) is 18.2 Å². The summed E-state index contributed by atoms with van der Waals surface area (Å²) in [6.45, 7) is 0.340. The number of ether oxygens (including phenoxy) is 2. The van der Waals surface area contributed by atoms with Crippen molar-refractivity contribution in [3.05, 3.63) is 22.5 Å². The lowest BCUT2D eigenvalue weighted by Gasteiger charge is -2.22. The molecule has 88 valence electrons. The number of aliphatic hydroxyl groups is 1. The molecule has 0 aliphatic carbocycles. The lowest BCUT2D eigenvalue weighted by Crippen LogP contribution is -2.20. The topological polar surface area (TPSA) is 64.7 Å². The average Bonchev–Trinajstić information content (AvgIpc) is 2.33. The van der Waals surface area contributed by atoms with Crippen LogP contribution in [0.25, 0.3) is 0 Å². The SMILES string of the molecule is NC(CO)c1cc2c(c(Cl)c1F)OCCO2. The summed E-state index contributed by atoms with van der Waals surface area (Å²) < 4.78 is 24.3. The van der Waals surface area contributed by atoms with Gasteiger partial charge in [0.05, 0.1) is 12.6 Å². The van der Waals surface area contributed by atoms with Gasteiger partial charge in [0, 0.05) is 5.56 Å². The Kier molecular flexibility index (Phi) is 3.18. The molecule has 1 aromatic rings. The molecule has 3 N–H and O–H groups in total. The van der Waals surface area contributed by atoms with Gasteiger partial charge in [-0.05, 0) is 6.07 Å².